The Morgan fingerprint density at radius 1 is 1.11 bits per heavy atom. The summed E-state index contributed by atoms with van der Waals surface area (Å²) < 4.78 is 0. The van der Waals surface area contributed by atoms with E-state index < -0.39 is 0 Å². The predicted octanol–water partition coefficient (Wildman–Crippen LogP) is 3.23. The summed E-state index contributed by atoms with van der Waals surface area (Å²) in [5.41, 5.74) is 6.00. The van der Waals surface area contributed by atoms with Crippen LogP contribution in [-0.4, -0.2) is 17.5 Å². The summed E-state index contributed by atoms with van der Waals surface area (Å²) >= 11 is 0. The molecule has 0 spiro atoms. The maximum Gasteiger partial charge on any atom is 0.220 e. The van der Waals surface area contributed by atoms with Gasteiger partial charge in [-0.3, -0.25) is 4.79 Å². The van der Waals surface area contributed by atoms with Crippen molar-refractivity contribution in [1.29, 1.82) is 0 Å². The van der Waals surface area contributed by atoms with Gasteiger partial charge in [-0.25, -0.2) is 0 Å². The first-order valence-electron chi connectivity index (χ1n) is 7.64. The molecule has 0 atom stereocenters. The van der Waals surface area contributed by atoms with Crippen LogP contribution < -0.4 is 11.1 Å². The van der Waals surface area contributed by atoms with Gasteiger partial charge < -0.3 is 11.1 Å². The van der Waals surface area contributed by atoms with Gasteiger partial charge in [-0.05, 0) is 57.3 Å². The van der Waals surface area contributed by atoms with E-state index in [0.29, 0.717) is 18.4 Å². The van der Waals surface area contributed by atoms with Crippen molar-refractivity contribution >= 4 is 5.91 Å². The summed E-state index contributed by atoms with van der Waals surface area (Å²) in [4.78, 5) is 12.2. The Bertz CT molecular complexity index is 296. The molecule has 3 N–H and O–H groups in total. The van der Waals surface area contributed by atoms with E-state index in [1.165, 1.54) is 0 Å². The minimum Gasteiger partial charge on any atom is -0.351 e. The van der Waals surface area contributed by atoms with E-state index >= 15 is 0 Å². The van der Waals surface area contributed by atoms with Gasteiger partial charge in [-0.1, -0.05) is 20.8 Å². The van der Waals surface area contributed by atoms with Gasteiger partial charge in [-0.2, -0.15) is 0 Å². The molecule has 3 heteroatoms. The number of hydrogen-bond acceptors (Lipinski definition) is 2. The van der Waals surface area contributed by atoms with Crippen LogP contribution in [0, 0.1) is 11.3 Å². The molecule has 0 radical (unpaired) electrons. The van der Waals surface area contributed by atoms with Crippen LogP contribution in [0.4, 0.5) is 0 Å². The van der Waals surface area contributed by atoms with E-state index in [0.717, 1.165) is 32.1 Å². The minimum atomic E-state index is -0.125. The Hall–Kier alpha value is -0.570. The summed E-state index contributed by atoms with van der Waals surface area (Å²) in [6, 6.07) is 0.358. The molecule has 1 saturated carbocycles. The second-order valence-electron chi connectivity index (χ2n) is 8.15. The smallest absolute Gasteiger partial charge is 0.220 e. The Kier molecular flexibility index (Phi) is 5.43. The van der Waals surface area contributed by atoms with Crippen molar-refractivity contribution in [2.75, 3.05) is 0 Å². The molecule has 0 heterocycles. The molecular formula is C16H32N2O. The number of carbonyl (C=O) groups excluding carboxylic acids is 1. The molecule has 0 aromatic heterocycles. The third-order valence-corrected chi connectivity index (χ3v) is 3.82. The summed E-state index contributed by atoms with van der Waals surface area (Å²) in [6.07, 6.45) is 6.01. The van der Waals surface area contributed by atoms with Gasteiger partial charge in [0.1, 0.15) is 0 Å². The SMILES string of the molecule is CC(C)(C)CC(C)(C)NC(=O)CC1CCC(N)CC1. The van der Waals surface area contributed by atoms with Gasteiger partial charge in [-0.15, -0.1) is 0 Å². The number of hydrogen-bond donors (Lipinski definition) is 2. The maximum atomic E-state index is 12.2. The standard InChI is InChI=1S/C16H32N2O/c1-15(2,3)11-16(4,5)18-14(19)10-12-6-8-13(17)9-7-12/h12-13H,6-11,17H2,1-5H3,(H,18,19). The van der Waals surface area contributed by atoms with Crippen molar-refractivity contribution < 1.29 is 4.79 Å². The summed E-state index contributed by atoms with van der Waals surface area (Å²) in [5.74, 6) is 0.736. The van der Waals surface area contributed by atoms with E-state index in [-0.39, 0.29) is 16.9 Å². The normalized spacial score (nSPS) is 25.2. The van der Waals surface area contributed by atoms with Gasteiger partial charge in [0.2, 0.25) is 5.91 Å². The van der Waals surface area contributed by atoms with Crippen molar-refractivity contribution in [3.8, 4) is 0 Å². The summed E-state index contributed by atoms with van der Waals surface area (Å²) in [7, 11) is 0. The fourth-order valence-electron chi connectivity index (χ4n) is 3.45. The van der Waals surface area contributed by atoms with Gasteiger partial charge in [0.15, 0.2) is 0 Å². The van der Waals surface area contributed by atoms with Crippen molar-refractivity contribution in [2.45, 2.75) is 84.7 Å². The summed E-state index contributed by atoms with van der Waals surface area (Å²) in [5, 5.41) is 3.20. The number of amides is 1. The molecule has 0 saturated heterocycles. The lowest BCUT2D eigenvalue weighted by atomic mass is 9.81. The lowest BCUT2D eigenvalue weighted by Crippen LogP contribution is -2.46. The van der Waals surface area contributed by atoms with Crippen LogP contribution in [0.2, 0.25) is 0 Å². The molecule has 1 aliphatic carbocycles. The quantitative estimate of drug-likeness (QED) is 0.822. The molecule has 1 rings (SSSR count). The molecule has 19 heavy (non-hydrogen) atoms. The molecule has 112 valence electrons. The highest BCUT2D eigenvalue weighted by Gasteiger charge is 2.28. The Labute approximate surface area is 118 Å². The topological polar surface area (TPSA) is 55.1 Å². The molecule has 1 amide bonds. The van der Waals surface area contributed by atoms with Gasteiger partial charge in [0.25, 0.3) is 0 Å². The highest BCUT2D eigenvalue weighted by Crippen LogP contribution is 2.28. The second-order valence-corrected chi connectivity index (χ2v) is 8.15. The number of rotatable bonds is 4. The first-order valence-corrected chi connectivity index (χ1v) is 7.64. The van der Waals surface area contributed by atoms with Crippen LogP contribution in [0.3, 0.4) is 0 Å². The van der Waals surface area contributed by atoms with Gasteiger partial charge in [0, 0.05) is 18.0 Å². The lowest BCUT2D eigenvalue weighted by molar-refractivity contribution is -0.124. The fraction of sp³-hybridized carbons (Fsp3) is 0.938. The van der Waals surface area contributed by atoms with Crippen LogP contribution in [0.5, 0.6) is 0 Å². The van der Waals surface area contributed by atoms with Crippen LogP contribution in [0.15, 0.2) is 0 Å². The lowest BCUT2D eigenvalue weighted by Gasteiger charge is -2.34. The number of nitrogens with one attached hydrogen (secondary N) is 1. The maximum absolute atomic E-state index is 12.2. The zero-order chi connectivity index (χ0) is 14.7. The molecule has 3 nitrogen and oxygen atoms in total. The average molecular weight is 268 g/mol. The average Bonchev–Trinajstić information content (AvgIpc) is 2.16. The van der Waals surface area contributed by atoms with E-state index in [4.69, 9.17) is 5.73 Å². The van der Waals surface area contributed by atoms with Crippen LogP contribution in [-0.2, 0) is 4.79 Å². The zero-order valence-corrected chi connectivity index (χ0v) is 13.4. The van der Waals surface area contributed by atoms with E-state index in [1.807, 2.05) is 0 Å². The van der Waals surface area contributed by atoms with Crippen molar-refractivity contribution in [3.63, 3.8) is 0 Å². The highest BCUT2D eigenvalue weighted by molar-refractivity contribution is 5.77. The molecule has 1 fully saturated rings. The van der Waals surface area contributed by atoms with Crippen molar-refractivity contribution in [1.82, 2.24) is 5.32 Å². The molecular weight excluding hydrogens is 236 g/mol. The summed E-state index contributed by atoms with van der Waals surface area (Å²) in [6.45, 7) is 10.9. The predicted molar refractivity (Wildman–Crippen MR) is 80.8 cm³/mol. The van der Waals surface area contributed by atoms with Crippen LogP contribution >= 0.6 is 0 Å². The molecule has 0 unspecified atom stereocenters. The fourth-order valence-corrected chi connectivity index (χ4v) is 3.45. The number of carbonyl (C=O) groups is 1. The monoisotopic (exact) mass is 268 g/mol. The Morgan fingerprint density at radius 3 is 2.11 bits per heavy atom. The Morgan fingerprint density at radius 2 is 1.63 bits per heavy atom. The third-order valence-electron chi connectivity index (χ3n) is 3.82. The molecule has 0 aromatic carbocycles. The molecule has 0 bridgehead atoms. The van der Waals surface area contributed by atoms with Crippen LogP contribution in [0.1, 0.15) is 73.1 Å². The second kappa shape index (κ2) is 6.25. The van der Waals surface area contributed by atoms with E-state index in [9.17, 15) is 4.79 Å². The van der Waals surface area contributed by atoms with Crippen molar-refractivity contribution in [2.24, 2.45) is 17.1 Å². The minimum absolute atomic E-state index is 0.125. The van der Waals surface area contributed by atoms with Crippen molar-refractivity contribution in [3.05, 3.63) is 0 Å². The molecule has 1 aliphatic rings. The van der Waals surface area contributed by atoms with E-state index in [2.05, 4.69) is 39.9 Å². The van der Waals surface area contributed by atoms with Crippen LogP contribution in [0.25, 0.3) is 0 Å². The first-order chi connectivity index (χ1) is 8.57. The molecule has 0 aliphatic heterocycles. The Balaban J connectivity index is 2.38. The first kappa shape index (κ1) is 16.5. The molecule has 0 aromatic rings. The third kappa shape index (κ3) is 6.95. The number of nitrogens with two attached hydrogens (primary N) is 1. The largest absolute Gasteiger partial charge is 0.351 e. The highest BCUT2D eigenvalue weighted by atomic mass is 16.1. The zero-order valence-electron chi connectivity index (χ0n) is 13.4. The van der Waals surface area contributed by atoms with Gasteiger partial charge >= 0.3 is 0 Å². The van der Waals surface area contributed by atoms with E-state index in [1.54, 1.807) is 0 Å². The van der Waals surface area contributed by atoms with Gasteiger partial charge in [0.05, 0.1) is 0 Å².